The van der Waals surface area contributed by atoms with Gasteiger partial charge in [0.15, 0.2) is 29.5 Å². The summed E-state index contributed by atoms with van der Waals surface area (Å²) in [6, 6.07) is 14.6. The van der Waals surface area contributed by atoms with Crippen LogP contribution in [0.5, 0.6) is 0 Å². The highest BCUT2D eigenvalue weighted by Gasteiger charge is 2.24. The zero-order valence-corrected chi connectivity index (χ0v) is 28.9. The fraction of sp³-hybridized carbons (Fsp3) is 0.286. The summed E-state index contributed by atoms with van der Waals surface area (Å²) < 4.78 is 49.1. The maximum atomic E-state index is 12.0. The standard InChI is InChI=1S/C16H20N4O2S2.C12H11N3O2S3/c1-5-16(2,3)20-15(14(9-17)24(4,21)22)19-11-6-7-12-13(8-11)23-10-18-12;1-18-12(11(6-13)20(2,16)17)15-8-3-4-9-10(5-8)19-7-14-9/h6-8,10,19-20H,5H2,1-4H3;3-5,7,15H,1-2H3/b15-14+;12-11+. The Bertz CT molecular complexity index is 2030. The van der Waals surface area contributed by atoms with E-state index in [4.69, 9.17) is 5.26 Å². The van der Waals surface area contributed by atoms with Crippen LogP contribution in [0.25, 0.3) is 20.4 Å². The Morgan fingerprint density at radius 2 is 1.34 bits per heavy atom. The molecular formula is C28H31N7O4S5. The number of anilines is 2. The smallest absolute Gasteiger partial charge is 0.189 e. The number of rotatable bonds is 10. The first-order valence-corrected chi connectivity index (χ1v) is 19.6. The summed E-state index contributed by atoms with van der Waals surface area (Å²) in [7, 11) is -7.22. The topological polar surface area (TPSA) is 178 Å². The highest BCUT2D eigenvalue weighted by Crippen LogP contribution is 2.27. The number of sulfone groups is 2. The third-order valence-corrected chi connectivity index (χ3v) is 10.6. The molecule has 0 fully saturated rings. The van der Waals surface area contributed by atoms with Gasteiger partial charge in [0.1, 0.15) is 23.0 Å². The van der Waals surface area contributed by atoms with Crippen LogP contribution in [0.3, 0.4) is 0 Å². The SMILES string of the molecule is CCC(C)(C)N/C(Nc1ccc2ncsc2c1)=C(\C#N)S(C)(=O)=O.CS/C(Nc1ccc2ncsc2c1)=C(\C#N)S(C)(=O)=O. The van der Waals surface area contributed by atoms with E-state index in [0.29, 0.717) is 10.7 Å². The highest BCUT2D eigenvalue weighted by atomic mass is 32.2. The maximum Gasteiger partial charge on any atom is 0.189 e. The second-order valence-corrected chi connectivity index (χ2v) is 16.5. The number of nitrogens with one attached hydrogen (secondary N) is 3. The summed E-state index contributed by atoms with van der Waals surface area (Å²) in [5, 5.41) is 27.9. The number of hydrogen-bond acceptors (Lipinski definition) is 14. The van der Waals surface area contributed by atoms with Crippen LogP contribution >= 0.6 is 34.4 Å². The molecule has 0 unspecified atom stereocenters. The largest absolute Gasteiger partial charge is 0.365 e. The van der Waals surface area contributed by atoms with Gasteiger partial charge in [-0.25, -0.2) is 26.8 Å². The summed E-state index contributed by atoms with van der Waals surface area (Å²) in [5.41, 5.74) is 6.31. The van der Waals surface area contributed by atoms with Crippen LogP contribution in [0.1, 0.15) is 27.2 Å². The van der Waals surface area contributed by atoms with Crippen molar-refractivity contribution in [3.05, 3.63) is 68.1 Å². The number of allylic oxidation sites excluding steroid dienone is 2. The summed E-state index contributed by atoms with van der Waals surface area (Å²) in [5.74, 6) is 0.190. The number of nitriles is 2. The number of thioether (sulfide) groups is 1. The molecule has 232 valence electrons. The van der Waals surface area contributed by atoms with Crippen molar-refractivity contribution in [2.45, 2.75) is 32.7 Å². The molecule has 0 aliphatic rings. The van der Waals surface area contributed by atoms with Gasteiger partial charge in [0.25, 0.3) is 0 Å². The second-order valence-electron chi connectivity index (χ2n) is 10.0. The predicted molar refractivity (Wildman–Crippen MR) is 182 cm³/mol. The molecule has 2 aromatic heterocycles. The molecule has 44 heavy (non-hydrogen) atoms. The minimum Gasteiger partial charge on any atom is -0.365 e. The Kier molecular flexibility index (Phi) is 11.4. The van der Waals surface area contributed by atoms with Crippen LogP contribution < -0.4 is 16.0 Å². The Balaban J connectivity index is 0.000000244. The fourth-order valence-corrected chi connectivity index (χ4v) is 7.32. The normalized spacial score (nSPS) is 13.1. The van der Waals surface area contributed by atoms with Crippen molar-refractivity contribution >= 4 is 85.9 Å². The Morgan fingerprint density at radius 3 is 1.75 bits per heavy atom. The number of nitrogens with zero attached hydrogens (tertiary/aromatic N) is 4. The number of thiazole rings is 2. The summed E-state index contributed by atoms with van der Waals surface area (Å²) >= 11 is 4.18. The van der Waals surface area contributed by atoms with Gasteiger partial charge in [0, 0.05) is 29.4 Å². The number of fused-ring (bicyclic) bond motifs is 2. The third kappa shape index (κ3) is 9.17. The maximum absolute atomic E-state index is 12.0. The van der Waals surface area contributed by atoms with E-state index in [1.54, 1.807) is 41.5 Å². The third-order valence-electron chi connectivity index (χ3n) is 6.12. The molecule has 11 nitrogen and oxygen atoms in total. The molecule has 0 bridgehead atoms. The van der Waals surface area contributed by atoms with Gasteiger partial charge >= 0.3 is 0 Å². The van der Waals surface area contributed by atoms with Crippen LogP contribution in [-0.4, -0.2) is 51.1 Å². The van der Waals surface area contributed by atoms with Gasteiger partial charge < -0.3 is 16.0 Å². The van der Waals surface area contributed by atoms with Crippen LogP contribution in [-0.2, 0) is 19.7 Å². The van der Waals surface area contributed by atoms with E-state index in [2.05, 4.69) is 25.9 Å². The van der Waals surface area contributed by atoms with Gasteiger partial charge in [0.05, 0.1) is 31.5 Å². The molecular weight excluding hydrogens is 659 g/mol. The first-order valence-electron chi connectivity index (χ1n) is 12.8. The molecule has 0 spiro atoms. The molecule has 0 aliphatic heterocycles. The van der Waals surface area contributed by atoms with Gasteiger partial charge in [-0.05, 0) is 62.9 Å². The van der Waals surface area contributed by atoms with E-state index in [1.807, 2.05) is 45.0 Å². The van der Waals surface area contributed by atoms with Crippen molar-refractivity contribution in [2.24, 2.45) is 0 Å². The second kappa shape index (κ2) is 14.4. The number of aromatic nitrogens is 2. The molecule has 2 heterocycles. The van der Waals surface area contributed by atoms with Crippen LogP contribution in [0, 0.1) is 22.7 Å². The fourth-order valence-electron chi connectivity index (χ4n) is 3.54. The lowest BCUT2D eigenvalue weighted by atomic mass is 10.0. The summed E-state index contributed by atoms with van der Waals surface area (Å²) in [6.07, 6.45) is 4.53. The van der Waals surface area contributed by atoms with E-state index in [-0.39, 0.29) is 21.2 Å². The quantitative estimate of drug-likeness (QED) is 0.165. The van der Waals surface area contributed by atoms with Gasteiger partial charge in [-0.15, -0.1) is 34.4 Å². The van der Waals surface area contributed by atoms with E-state index < -0.39 is 19.7 Å². The predicted octanol–water partition coefficient (Wildman–Crippen LogP) is 6.03. The van der Waals surface area contributed by atoms with Gasteiger partial charge in [-0.2, -0.15) is 10.5 Å². The van der Waals surface area contributed by atoms with Crippen molar-refractivity contribution in [2.75, 3.05) is 29.4 Å². The Labute approximate surface area is 269 Å². The molecule has 0 aliphatic carbocycles. The molecule has 16 heteroatoms. The van der Waals surface area contributed by atoms with E-state index in [9.17, 15) is 22.1 Å². The van der Waals surface area contributed by atoms with Gasteiger partial charge in [0.2, 0.25) is 0 Å². The van der Waals surface area contributed by atoms with Crippen molar-refractivity contribution in [1.82, 2.24) is 15.3 Å². The Morgan fingerprint density at radius 1 is 0.864 bits per heavy atom. The van der Waals surface area contributed by atoms with Crippen LogP contribution in [0.2, 0.25) is 0 Å². The molecule has 0 saturated heterocycles. The molecule has 0 radical (unpaired) electrons. The monoisotopic (exact) mass is 689 g/mol. The zero-order valence-electron chi connectivity index (χ0n) is 24.8. The molecule has 0 amide bonds. The lowest BCUT2D eigenvalue weighted by molar-refractivity contribution is 0.415. The van der Waals surface area contributed by atoms with Crippen molar-refractivity contribution in [3.8, 4) is 12.1 Å². The number of benzene rings is 2. The average Bonchev–Trinajstić information content (AvgIpc) is 3.61. The number of hydrogen-bond donors (Lipinski definition) is 3. The van der Waals surface area contributed by atoms with Crippen molar-refractivity contribution in [3.63, 3.8) is 0 Å². The molecule has 4 rings (SSSR count). The van der Waals surface area contributed by atoms with E-state index in [0.717, 1.165) is 45.1 Å². The lowest BCUT2D eigenvalue weighted by Gasteiger charge is -2.28. The zero-order chi connectivity index (χ0) is 32.7. The molecule has 0 saturated carbocycles. The Hall–Kier alpha value is -3.67. The summed E-state index contributed by atoms with van der Waals surface area (Å²) in [6.45, 7) is 5.87. The first-order chi connectivity index (χ1) is 20.6. The van der Waals surface area contributed by atoms with E-state index >= 15 is 0 Å². The molecule has 4 aromatic rings. The van der Waals surface area contributed by atoms with Crippen LogP contribution in [0.4, 0.5) is 11.4 Å². The molecule has 3 N–H and O–H groups in total. The highest BCUT2D eigenvalue weighted by molar-refractivity contribution is 8.04. The molecule has 0 atom stereocenters. The minimum absolute atomic E-state index is 0.190. The minimum atomic E-state index is -3.66. The molecule has 2 aromatic carbocycles. The summed E-state index contributed by atoms with van der Waals surface area (Å²) in [4.78, 5) is 7.83. The lowest BCUT2D eigenvalue weighted by Crippen LogP contribution is -2.41. The van der Waals surface area contributed by atoms with Crippen molar-refractivity contribution < 1.29 is 16.8 Å². The van der Waals surface area contributed by atoms with Crippen LogP contribution in [0.15, 0.2) is 68.1 Å². The van der Waals surface area contributed by atoms with E-state index in [1.165, 1.54) is 34.4 Å². The van der Waals surface area contributed by atoms with Gasteiger partial charge in [-0.1, -0.05) is 6.92 Å². The van der Waals surface area contributed by atoms with Crippen molar-refractivity contribution in [1.29, 1.82) is 10.5 Å². The first kappa shape index (κ1) is 34.8. The average molecular weight is 690 g/mol. The van der Waals surface area contributed by atoms with Gasteiger partial charge in [-0.3, -0.25) is 0 Å².